The zero-order chi connectivity index (χ0) is 26.6. The molecule has 4 aromatic carbocycles. The summed E-state index contributed by atoms with van der Waals surface area (Å²) in [6.45, 7) is 3.80. The molecule has 0 aliphatic carbocycles. The van der Waals surface area contributed by atoms with Crippen LogP contribution in [0.25, 0.3) is 22.0 Å². The summed E-state index contributed by atoms with van der Waals surface area (Å²) in [5.74, 6) is 0.903. The second-order valence-electron chi connectivity index (χ2n) is 9.60. The quantitative estimate of drug-likeness (QED) is 0.264. The van der Waals surface area contributed by atoms with Gasteiger partial charge in [-0.3, -0.25) is 4.79 Å². The molecule has 0 bridgehead atoms. The number of hydrogen-bond donors (Lipinski definition) is 1. The molecule has 7 heteroatoms. The molecule has 0 unspecified atom stereocenters. The van der Waals surface area contributed by atoms with Gasteiger partial charge in [-0.05, 0) is 58.8 Å². The Morgan fingerprint density at radius 3 is 2.44 bits per heavy atom. The summed E-state index contributed by atoms with van der Waals surface area (Å²) in [4.78, 5) is 22.1. The Labute approximate surface area is 232 Å². The number of carbonyl (C=O) groups is 1. The van der Waals surface area contributed by atoms with Crippen LogP contribution in [0.4, 0.5) is 10.8 Å². The third-order valence-electron chi connectivity index (χ3n) is 7.10. The van der Waals surface area contributed by atoms with Crippen molar-refractivity contribution in [3.8, 4) is 17.0 Å². The first-order valence-corrected chi connectivity index (χ1v) is 14.0. The lowest BCUT2D eigenvalue weighted by Crippen LogP contribution is -2.46. The van der Waals surface area contributed by atoms with Gasteiger partial charge in [0.2, 0.25) is 0 Å². The van der Waals surface area contributed by atoms with E-state index in [0.29, 0.717) is 6.54 Å². The van der Waals surface area contributed by atoms with Gasteiger partial charge in [-0.2, -0.15) is 0 Å². The fourth-order valence-electron chi connectivity index (χ4n) is 4.89. The molecule has 0 spiro atoms. The molecule has 1 N–H and O–H groups in total. The zero-order valence-corrected chi connectivity index (χ0v) is 22.7. The van der Waals surface area contributed by atoms with E-state index in [1.54, 1.807) is 18.4 Å². The van der Waals surface area contributed by atoms with Crippen molar-refractivity contribution in [2.75, 3.05) is 38.2 Å². The van der Waals surface area contributed by atoms with Gasteiger partial charge >= 0.3 is 0 Å². The molecule has 0 radical (unpaired) electrons. The van der Waals surface area contributed by atoms with Crippen molar-refractivity contribution < 1.29 is 9.53 Å². The van der Waals surface area contributed by atoms with Gasteiger partial charge in [-0.25, -0.2) is 4.98 Å². The van der Waals surface area contributed by atoms with Crippen molar-refractivity contribution in [2.45, 2.75) is 6.54 Å². The molecule has 0 atom stereocenters. The Morgan fingerprint density at radius 2 is 1.69 bits per heavy atom. The van der Waals surface area contributed by atoms with Gasteiger partial charge in [0, 0.05) is 48.4 Å². The first-order valence-electron chi connectivity index (χ1n) is 13.1. The average molecular weight is 535 g/mol. The molecule has 1 aliphatic rings. The molecule has 0 saturated carbocycles. The monoisotopic (exact) mass is 534 g/mol. The minimum Gasteiger partial charge on any atom is -0.497 e. The van der Waals surface area contributed by atoms with Crippen LogP contribution in [0, 0.1) is 0 Å². The van der Waals surface area contributed by atoms with E-state index in [1.165, 1.54) is 10.8 Å². The smallest absolute Gasteiger partial charge is 0.253 e. The Hall–Kier alpha value is -4.20. The number of rotatable bonds is 7. The lowest BCUT2D eigenvalue weighted by Gasteiger charge is -2.27. The normalized spacial score (nSPS) is 13.4. The van der Waals surface area contributed by atoms with Gasteiger partial charge in [0.25, 0.3) is 5.91 Å². The highest BCUT2D eigenvalue weighted by Crippen LogP contribution is 2.35. The summed E-state index contributed by atoms with van der Waals surface area (Å²) < 4.78 is 5.38. The predicted octanol–water partition coefficient (Wildman–Crippen LogP) is 6.36. The van der Waals surface area contributed by atoms with Crippen molar-refractivity contribution >= 4 is 38.8 Å². The van der Waals surface area contributed by atoms with E-state index in [4.69, 9.17) is 9.72 Å². The Bertz CT molecular complexity index is 1570. The Kier molecular flexibility index (Phi) is 7.25. The van der Waals surface area contributed by atoms with Gasteiger partial charge in [0.15, 0.2) is 5.13 Å². The van der Waals surface area contributed by atoms with Crippen LogP contribution < -0.4 is 15.0 Å². The number of fused-ring (bicyclic) bond motifs is 1. The van der Waals surface area contributed by atoms with Crippen LogP contribution in [-0.2, 0) is 6.54 Å². The first kappa shape index (κ1) is 25.1. The van der Waals surface area contributed by atoms with Gasteiger partial charge in [-0.1, -0.05) is 48.5 Å². The van der Waals surface area contributed by atoms with E-state index in [-0.39, 0.29) is 5.91 Å². The minimum absolute atomic E-state index is 0.0926. The fraction of sp³-hybridized carbons (Fsp3) is 0.188. The number of methoxy groups -OCH3 is 1. The van der Waals surface area contributed by atoms with Gasteiger partial charge in [0.1, 0.15) is 5.75 Å². The zero-order valence-electron chi connectivity index (χ0n) is 21.8. The molecule has 1 saturated heterocycles. The lowest BCUT2D eigenvalue weighted by atomic mass is 10.1. The Balaban J connectivity index is 1.28. The summed E-state index contributed by atoms with van der Waals surface area (Å²) >= 11 is 1.63. The topological polar surface area (TPSA) is 57.7 Å². The molecular weight excluding hydrogens is 504 g/mol. The molecule has 1 aromatic heterocycles. The SMILES string of the molecule is COc1ccc(N(Cc2ccc(C(=O)N3CCNCC3)cc2)c2nc(-c3ccc4ccccc4c3)cs2)cc1. The van der Waals surface area contributed by atoms with Crippen molar-refractivity contribution in [2.24, 2.45) is 0 Å². The van der Waals surface area contributed by atoms with Crippen molar-refractivity contribution in [1.29, 1.82) is 0 Å². The predicted molar refractivity (Wildman–Crippen MR) is 159 cm³/mol. The molecular formula is C32H30N4O2S. The molecule has 5 aromatic rings. The summed E-state index contributed by atoms with van der Waals surface area (Å²) in [5, 5.41) is 8.74. The standard InChI is InChI=1S/C32H30N4O2S/c1-38-29-14-12-28(13-15-29)36(21-23-6-8-25(9-7-23)31(37)35-18-16-33-17-19-35)32-34-30(22-39-32)27-11-10-24-4-2-3-5-26(24)20-27/h2-15,20,22,33H,16-19,21H2,1H3. The van der Waals surface area contributed by atoms with Crippen LogP contribution in [-0.4, -0.2) is 49.1 Å². The number of hydrogen-bond acceptors (Lipinski definition) is 6. The number of nitrogens with one attached hydrogen (secondary N) is 1. The van der Waals surface area contributed by atoms with E-state index >= 15 is 0 Å². The van der Waals surface area contributed by atoms with Crippen molar-refractivity contribution in [1.82, 2.24) is 15.2 Å². The first-order chi connectivity index (χ1) is 19.2. The van der Waals surface area contributed by atoms with E-state index < -0.39 is 0 Å². The van der Waals surface area contributed by atoms with Crippen LogP contribution >= 0.6 is 11.3 Å². The van der Waals surface area contributed by atoms with E-state index in [9.17, 15) is 4.79 Å². The minimum atomic E-state index is 0.0926. The second-order valence-corrected chi connectivity index (χ2v) is 10.4. The van der Waals surface area contributed by atoms with E-state index in [0.717, 1.165) is 65.1 Å². The van der Waals surface area contributed by atoms with Crippen molar-refractivity contribution in [3.05, 3.63) is 108 Å². The molecule has 6 nitrogen and oxygen atoms in total. The highest BCUT2D eigenvalue weighted by Gasteiger charge is 2.19. The van der Waals surface area contributed by atoms with Crippen LogP contribution in [0.3, 0.4) is 0 Å². The van der Waals surface area contributed by atoms with Gasteiger partial charge in [0.05, 0.1) is 19.3 Å². The van der Waals surface area contributed by atoms with Crippen LogP contribution in [0.1, 0.15) is 15.9 Å². The second kappa shape index (κ2) is 11.3. The summed E-state index contributed by atoms with van der Waals surface area (Å²) in [7, 11) is 1.67. The lowest BCUT2D eigenvalue weighted by molar-refractivity contribution is 0.0736. The number of aromatic nitrogens is 1. The highest BCUT2D eigenvalue weighted by atomic mass is 32.1. The van der Waals surface area contributed by atoms with Crippen LogP contribution in [0.5, 0.6) is 5.75 Å². The van der Waals surface area contributed by atoms with Crippen LogP contribution in [0.2, 0.25) is 0 Å². The average Bonchev–Trinajstić information content (AvgIpc) is 3.50. The molecule has 1 fully saturated rings. The number of nitrogens with zero attached hydrogens (tertiary/aromatic N) is 3. The maximum absolute atomic E-state index is 12.9. The van der Waals surface area contributed by atoms with E-state index in [1.807, 2.05) is 41.3 Å². The number of amides is 1. The number of benzene rings is 4. The summed E-state index contributed by atoms with van der Waals surface area (Å²) in [6.07, 6.45) is 0. The van der Waals surface area contributed by atoms with Gasteiger partial charge < -0.3 is 19.9 Å². The molecule has 1 amide bonds. The number of anilines is 2. The number of carbonyl (C=O) groups excluding carboxylic acids is 1. The van der Waals surface area contributed by atoms with E-state index in [2.05, 4.69) is 70.2 Å². The Morgan fingerprint density at radius 1 is 0.949 bits per heavy atom. The van der Waals surface area contributed by atoms with Crippen LogP contribution in [0.15, 0.2) is 96.4 Å². The maximum Gasteiger partial charge on any atom is 0.253 e. The third kappa shape index (κ3) is 5.50. The molecule has 6 rings (SSSR count). The third-order valence-corrected chi connectivity index (χ3v) is 7.96. The molecule has 1 aliphatic heterocycles. The molecule has 39 heavy (non-hydrogen) atoms. The summed E-state index contributed by atoms with van der Waals surface area (Å²) in [5.41, 5.74) is 4.91. The van der Waals surface area contributed by atoms with Gasteiger partial charge in [-0.15, -0.1) is 11.3 Å². The number of piperazine rings is 1. The molecule has 196 valence electrons. The largest absolute Gasteiger partial charge is 0.497 e. The van der Waals surface area contributed by atoms with Crippen molar-refractivity contribution in [3.63, 3.8) is 0 Å². The fourth-order valence-corrected chi connectivity index (χ4v) is 5.74. The number of ether oxygens (including phenoxy) is 1. The maximum atomic E-state index is 12.9. The molecule has 2 heterocycles. The summed E-state index contributed by atoms with van der Waals surface area (Å²) in [6, 6.07) is 30.9. The highest BCUT2D eigenvalue weighted by molar-refractivity contribution is 7.14. The number of thiazole rings is 1.